The highest BCUT2D eigenvalue weighted by Gasteiger charge is 2.47. The number of rotatable bonds is 1. The average Bonchev–Trinajstić information content (AvgIpc) is 2.43. The van der Waals surface area contributed by atoms with Crippen LogP contribution >= 0.6 is 12.4 Å². The Kier molecular flexibility index (Phi) is 2.97. The number of nitrogens with zero attached hydrogens (tertiary/aromatic N) is 1. The van der Waals surface area contributed by atoms with Crippen LogP contribution in [0.15, 0.2) is 0 Å². The molecule has 2 heterocycles. The molecule has 2 unspecified atom stereocenters. The SMILES string of the molecule is Cl.OCC12CCCN1CC(F)C2. The van der Waals surface area contributed by atoms with Crippen LogP contribution in [0, 0.1) is 0 Å². The van der Waals surface area contributed by atoms with E-state index in [0.717, 1.165) is 19.4 Å². The Hall–Kier alpha value is 0.140. The summed E-state index contributed by atoms with van der Waals surface area (Å²) in [6, 6.07) is 0. The quantitative estimate of drug-likeness (QED) is 0.674. The smallest absolute Gasteiger partial charge is 0.115 e. The number of aliphatic hydroxyl groups excluding tert-OH is 1. The molecule has 2 aliphatic heterocycles. The topological polar surface area (TPSA) is 23.5 Å². The van der Waals surface area contributed by atoms with Crippen molar-refractivity contribution in [1.29, 1.82) is 0 Å². The van der Waals surface area contributed by atoms with Crippen molar-refractivity contribution in [2.45, 2.75) is 31.0 Å². The van der Waals surface area contributed by atoms with Crippen molar-refractivity contribution in [2.75, 3.05) is 19.7 Å². The molecule has 72 valence electrons. The van der Waals surface area contributed by atoms with Crippen LogP contribution < -0.4 is 0 Å². The minimum Gasteiger partial charge on any atom is -0.394 e. The second-order valence-corrected chi connectivity index (χ2v) is 3.73. The van der Waals surface area contributed by atoms with E-state index in [4.69, 9.17) is 5.11 Å². The molecule has 4 heteroatoms. The third kappa shape index (κ3) is 1.34. The maximum absolute atomic E-state index is 12.9. The highest BCUT2D eigenvalue weighted by atomic mass is 35.5. The minimum absolute atomic E-state index is 0. The summed E-state index contributed by atoms with van der Waals surface area (Å²) in [6.07, 6.45) is 1.93. The van der Waals surface area contributed by atoms with Crippen molar-refractivity contribution in [3.05, 3.63) is 0 Å². The van der Waals surface area contributed by atoms with Crippen LogP contribution in [0.4, 0.5) is 4.39 Å². The van der Waals surface area contributed by atoms with Gasteiger partial charge < -0.3 is 5.11 Å². The predicted molar refractivity (Wildman–Crippen MR) is 47.4 cm³/mol. The van der Waals surface area contributed by atoms with Crippen LogP contribution in [-0.2, 0) is 0 Å². The van der Waals surface area contributed by atoms with Gasteiger partial charge in [0.25, 0.3) is 0 Å². The Bertz CT molecular complexity index is 169. The molecule has 0 bridgehead atoms. The monoisotopic (exact) mass is 195 g/mol. The van der Waals surface area contributed by atoms with Gasteiger partial charge in [0.2, 0.25) is 0 Å². The second kappa shape index (κ2) is 3.48. The molecule has 0 radical (unpaired) electrons. The van der Waals surface area contributed by atoms with Crippen LogP contribution in [0.5, 0.6) is 0 Å². The summed E-state index contributed by atoms with van der Waals surface area (Å²) in [5.74, 6) is 0. The zero-order valence-electron chi connectivity index (χ0n) is 7.00. The molecule has 2 atom stereocenters. The van der Waals surface area contributed by atoms with Gasteiger partial charge in [0.05, 0.1) is 6.61 Å². The Balaban J connectivity index is 0.000000720. The summed E-state index contributed by atoms with van der Waals surface area (Å²) in [6.45, 7) is 1.65. The van der Waals surface area contributed by atoms with E-state index < -0.39 is 6.17 Å². The van der Waals surface area contributed by atoms with Crippen molar-refractivity contribution in [2.24, 2.45) is 0 Å². The van der Waals surface area contributed by atoms with Crippen LogP contribution in [0.25, 0.3) is 0 Å². The van der Waals surface area contributed by atoms with Gasteiger partial charge in [0, 0.05) is 18.5 Å². The van der Waals surface area contributed by atoms with Gasteiger partial charge in [-0.05, 0) is 19.4 Å². The fourth-order valence-corrected chi connectivity index (χ4v) is 2.47. The molecule has 0 aromatic rings. The fraction of sp³-hybridized carbons (Fsp3) is 1.00. The van der Waals surface area contributed by atoms with Gasteiger partial charge in [-0.2, -0.15) is 0 Å². The minimum atomic E-state index is -0.706. The maximum atomic E-state index is 12.9. The van der Waals surface area contributed by atoms with E-state index in [0.29, 0.717) is 13.0 Å². The lowest BCUT2D eigenvalue weighted by molar-refractivity contribution is 0.0996. The van der Waals surface area contributed by atoms with Gasteiger partial charge in [-0.15, -0.1) is 12.4 Å². The number of alkyl halides is 1. The predicted octanol–water partition coefficient (Wildman–Crippen LogP) is 0.977. The molecule has 0 spiro atoms. The van der Waals surface area contributed by atoms with Gasteiger partial charge >= 0.3 is 0 Å². The molecule has 2 saturated heterocycles. The average molecular weight is 196 g/mol. The standard InChI is InChI=1S/C8H14FNO.ClH/c9-7-4-8(6-11)2-1-3-10(8)5-7;/h7,11H,1-6H2;1H. The van der Waals surface area contributed by atoms with Crippen molar-refractivity contribution in [3.63, 3.8) is 0 Å². The number of fused-ring (bicyclic) bond motifs is 1. The molecule has 0 aromatic carbocycles. The number of aliphatic hydroxyl groups is 1. The van der Waals surface area contributed by atoms with Gasteiger partial charge in [-0.25, -0.2) is 4.39 Å². The lowest BCUT2D eigenvalue weighted by Crippen LogP contribution is -2.41. The first-order valence-corrected chi connectivity index (χ1v) is 4.27. The van der Waals surface area contributed by atoms with E-state index >= 15 is 0 Å². The number of halogens is 2. The van der Waals surface area contributed by atoms with E-state index in [-0.39, 0.29) is 24.6 Å². The van der Waals surface area contributed by atoms with Crippen molar-refractivity contribution >= 4 is 12.4 Å². The van der Waals surface area contributed by atoms with Crippen LogP contribution in [0.1, 0.15) is 19.3 Å². The van der Waals surface area contributed by atoms with E-state index in [1.165, 1.54) is 0 Å². The first kappa shape index (κ1) is 10.2. The summed E-state index contributed by atoms with van der Waals surface area (Å²) in [5, 5.41) is 9.14. The Labute approximate surface area is 78.2 Å². The van der Waals surface area contributed by atoms with Crippen LogP contribution in [0.2, 0.25) is 0 Å². The largest absolute Gasteiger partial charge is 0.394 e. The van der Waals surface area contributed by atoms with Gasteiger partial charge in [0.1, 0.15) is 6.17 Å². The zero-order valence-corrected chi connectivity index (χ0v) is 7.82. The molecule has 12 heavy (non-hydrogen) atoms. The molecule has 0 aliphatic carbocycles. The van der Waals surface area contributed by atoms with E-state index in [9.17, 15) is 4.39 Å². The van der Waals surface area contributed by atoms with E-state index in [1.807, 2.05) is 0 Å². The fourth-order valence-electron chi connectivity index (χ4n) is 2.47. The van der Waals surface area contributed by atoms with Crippen molar-refractivity contribution in [3.8, 4) is 0 Å². The molecule has 2 rings (SSSR count). The summed E-state index contributed by atoms with van der Waals surface area (Å²) in [7, 11) is 0. The molecular formula is C8H15ClFNO. The Morgan fingerprint density at radius 1 is 1.58 bits per heavy atom. The van der Waals surface area contributed by atoms with Crippen molar-refractivity contribution in [1.82, 2.24) is 4.90 Å². The molecule has 1 N–H and O–H groups in total. The first-order valence-electron chi connectivity index (χ1n) is 4.27. The number of hydrogen-bond acceptors (Lipinski definition) is 2. The Morgan fingerprint density at radius 2 is 2.33 bits per heavy atom. The third-order valence-corrected chi connectivity index (χ3v) is 3.06. The normalized spacial score (nSPS) is 41.0. The first-order chi connectivity index (χ1) is 5.27. The third-order valence-electron chi connectivity index (χ3n) is 3.06. The molecule has 0 aromatic heterocycles. The van der Waals surface area contributed by atoms with Gasteiger partial charge in [0.15, 0.2) is 0 Å². The highest BCUT2D eigenvalue weighted by Crippen LogP contribution is 2.39. The summed E-state index contributed by atoms with van der Waals surface area (Å²) < 4.78 is 12.9. The van der Waals surface area contributed by atoms with Gasteiger partial charge in [-0.3, -0.25) is 4.90 Å². The molecule has 2 fully saturated rings. The van der Waals surface area contributed by atoms with Crippen molar-refractivity contribution < 1.29 is 9.50 Å². The van der Waals surface area contributed by atoms with E-state index in [1.54, 1.807) is 0 Å². The second-order valence-electron chi connectivity index (χ2n) is 3.73. The van der Waals surface area contributed by atoms with Crippen LogP contribution in [-0.4, -0.2) is 41.4 Å². The lowest BCUT2D eigenvalue weighted by atomic mass is 9.95. The molecule has 2 nitrogen and oxygen atoms in total. The van der Waals surface area contributed by atoms with Crippen LogP contribution in [0.3, 0.4) is 0 Å². The maximum Gasteiger partial charge on any atom is 0.115 e. The van der Waals surface area contributed by atoms with Gasteiger partial charge in [-0.1, -0.05) is 0 Å². The summed E-state index contributed by atoms with van der Waals surface area (Å²) in [4.78, 5) is 2.11. The highest BCUT2D eigenvalue weighted by molar-refractivity contribution is 5.85. The molecule has 2 aliphatic rings. The van der Waals surface area contributed by atoms with E-state index in [2.05, 4.69) is 4.90 Å². The summed E-state index contributed by atoms with van der Waals surface area (Å²) in [5.41, 5.74) is -0.167. The number of hydrogen-bond donors (Lipinski definition) is 1. The summed E-state index contributed by atoms with van der Waals surface area (Å²) >= 11 is 0. The molecule has 0 saturated carbocycles. The lowest BCUT2D eigenvalue weighted by Gasteiger charge is -2.28. The Morgan fingerprint density at radius 3 is 2.92 bits per heavy atom. The molecular weight excluding hydrogens is 181 g/mol. The zero-order chi connectivity index (χ0) is 7.90. The molecule has 0 amide bonds.